The van der Waals surface area contributed by atoms with Crippen LogP contribution in [0.25, 0.3) is 0 Å². The summed E-state index contributed by atoms with van der Waals surface area (Å²) >= 11 is 0. The van der Waals surface area contributed by atoms with Crippen molar-refractivity contribution in [2.75, 3.05) is 10.0 Å². The topological polar surface area (TPSA) is 95.5 Å². The van der Waals surface area contributed by atoms with Gasteiger partial charge in [-0.15, -0.1) is 0 Å². The van der Waals surface area contributed by atoms with E-state index in [2.05, 4.69) is 10.0 Å². The lowest BCUT2D eigenvalue weighted by Gasteiger charge is -2.18. The summed E-state index contributed by atoms with van der Waals surface area (Å²) in [4.78, 5) is 11.6. The second-order valence-corrected chi connectivity index (χ2v) is 7.94. The van der Waals surface area contributed by atoms with Gasteiger partial charge in [0.15, 0.2) is 0 Å². The zero-order chi connectivity index (χ0) is 20.1. The van der Waals surface area contributed by atoms with E-state index in [9.17, 15) is 18.3 Å². The van der Waals surface area contributed by atoms with Crippen molar-refractivity contribution < 1.29 is 18.3 Å². The Bertz CT molecular complexity index is 1070. The fourth-order valence-electron chi connectivity index (χ4n) is 2.77. The number of carboxylic acid groups (broad SMARTS) is 1. The van der Waals surface area contributed by atoms with Crippen LogP contribution in [0.2, 0.25) is 0 Å². The molecule has 3 aromatic rings. The number of sulfonamides is 1. The Kier molecular flexibility index (Phi) is 5.65. The zero-order valence-corrected chi connectivity index (χ0v) is 16.0. The number of carbonyl (C=O) groups is 1. The van der Waals surface area contributed by atoms with Gasteiger partial charge >= 0.3 is 5.97 Å². The van der Waals surface area contributed by atoms with Crippen molar-refractivity contribution >= 4 is 27.4 Å². The summed E-state index contributed by atoms with van der Waals surface area (Å²) in [7, 11) is -3.91. The highest BCUT2D eigenvalue weighted by Crippen LogP contribution is 2.26. The molecule has 7 heteroatoms. The zero-order valence-electron chi connectivity index (χ0n) is 15.2. The average molecular weight is 396 g/mol. The third-order valence-corrected chi connectivity index (χ3v) is 5.61. The molecule has 1 unspecified atom stereocenters. The third kappa shape index (κ3) is 4.50. The van der Waals surface area contributed by atoms with Crippen molar-refractivity contribution in [1.82, 2.24) is 0 Å². The minimum absolute atomic E-state index is 0.112. The Balaban J connectivity index is 1.90. The van der Waals surface area contributed by atoms with E-state index in [0.717, 1.165) is 11.6 Å². The minimum Gasteiger partial charge on any atom is -0.478 e. The van der Waals surface area contributed by atoms with Crippen LogP contribution in [-0.2, 0) is 10.0 Å². The molecule has 6 nitrogen and oxygen atoms in total. The van der Waals surface area contributed by atoms with Crippen LogP contribution in [-0.4, -0.2) is 19.5 Å². The molecule has 0 saturated heterocycles. The lowest BCUT2D eigenvalue weighted by Crippen LogP contribution is -2.15. The number of aromatic carboxylic acids is 1. The smallest absolute Gasteiger partial charge is 0.337 e. The van der Waals surface area contributed by atoms with Crippen LogP contribution >= 0.6 is 0 Å². The van der Waals surface area contributed by atoms with Crippen LogP contribution in [0.15, 0.2) is 83.8 Å². The molecule has 0 aliphatic carbocycles. The molecule has 3 rings (SSSR count). The number of nitrogens with one attached hydrogen (secondary N) is 2. The van der Waals surface area contributed by atoms with Gasteiger partial charge in [-0.1, -0.05) is 48.5 Å². The number of benzene rings is 3. The first-order valence-electron chi connectivity index (χ1n) is 8.63. The highest BCUT2D eigenvalue weighted by atomic mass is 32.2. The van der Waals surface area contributed by atoms with Gasteiger partial charge in [-0.05, 0) is 42.8 Å². The third-order valence-electron chi connectivity index (χ3n) is 4.23. The first kappa shape index (κ1) is 19.4. The first-order valence-corrected chi connectivity index (χ1v) is 10.1. The molecule has 0 saturated carbocycles. The second-order valence-electron chi connectivity index (χ2n) is 6.26. The van der Waals surface area contributed by atoms with Crippen molar-refractivity contribution in [3.8, 4) is 0 Å². The molecule has 0 radical (unpaired) electrons. The van der Waals surface area contributed by atoms with Gasteiger partial charge in [-0.25, -0.2) is 13.2 Å². The van der Waals surface area contributed by atoms with Crippen LogP contribution in [0.5, 0.6) is 0 Å². The standard InChI is InChI=1S/C21H20N2O4S/c1-15(16-8-4-2-5-9-16)22-20-13-12-18(14-19(20)21(24)25)28(26,27)23-17-10-6-3-7-11-17/h2-15,22-23H,1H3,(H,24,25). The van der Waals surface area contributed by atoms with E-state index in [-0.39, 0.29) is 16.5 Å². The Morgan fingerprint density at radius 1 is 0.929 bits per heavy atom. The number of rotatable bonds is 7. The Morgan fingerprint density at radius 3 is 2.14 bits per heavy atom. The van der Waals surface area contributed by atoms with Crippen molar-refractivity contribution in [2.45, 2.75) is 17.9 Å². The predicted molar refractivity (Wildman–Crippen MR) is 109 cm³/mol. The van der Waals surface area contributed by atoms with E-state index < -0.39 is 16.0 Å². The van der Waals surface area contributed by atoms with Gasteiger partial charge in [-0.2, -0.15) is 0 Å². The van der Waals surface area contributed by atoms with Crippen molar-refractivity contribution in [1.29, 1.82) is 0 Å². The quantitative estimate of drug-likeness (QED) is 0.551. The Morgan fingerprint density at radius 2 is 1.54 bits per heavy atom. The van der Waals surface area contributed by atoms with E-state index >= 15 is 0 Å². The summed E-state index contributed by atoms with van der Waals surface area (Å²) in [5, 5.41) is 12.7. The summed E-state index contributed by atoms with van der Waals surface area (Å²) in [6.45, 7) is 1.91. The van der Waals surface area contributed by atoms with E-state index in [4.69, 9.17) is 0 Å². The van der Waals surface area contributed by atoms with Gasteiger partial charge < -0.3 is 10.4 Å². The molecular weight excluding hydrogens is 376 g/mol. The maximum atomic E-state index is 12.6. The monoisotopic (exact) mass is 396 g/mol. The molecule has 144 valence electrons. The maximum Gasteiger partial charge on any atom is 0.337 e. The van der Waals surface area contributed by atoms with Gasteiger partial charge in [0.05, 0.1) is 10.5 Å². The molecule has 0 aliphatic rings. The number of carboxylic acids is 1. The normalized spacial score (nSPS) is 12.2. The highest BCUT2D eigenvalue weighted by Gasteiger charge is 2.20. The molecular formula is C21H20N2O4S. The molecule has 28 heavy (non-hydrogen) atoms. The lowest BCUT2D eigenvalue weighted by molar-refractivity contribution is 0.0697. The summed E-state index contributed by atoms with van der Waals surface area (Å²) in [6.07, 6.45) is 0. The SMILES string of the molecule is CC(Nc1ccc(S(=O)(=O)Nc2ccccc2)cc1C(=O)O)c1ccccc1. The van der Waals surface area contributed by atoms with Crippen molar-refractivity contribution in [3.63, 3.8) is 0 Å². The molecule has 1 atom stereocenters. The largest absolute Gasteiger partial charge is 0.478 e. The van der Waals surface area contributed by atoms with E-state index in [1.807, 2.05) is 37.3 Å². The molecule has 3 aromatic carbocycles. The molecule has 3 N–H and O–H groups in total. The van der Waals surface area contributed by atoms with E-state index in [0.29, 0.717) is 11.4 Å². The van der Waals surface area contributed by atoms with Crippen LogP contribution in [0.4, 0.5) is 11.4 Å². The van der Waals surface area contributed by atoms with Crippen LogP contribution in [0, 0.1) is 0 Å². The first-order chi connectivity index (χ1) is 13.4. The van der Waals surface area contributed by atoms with E-state index in [1.165, 1.54) is 12.1 Å². The minimum atomic E-state index is -3.91. The van der Waals surface area contributed by atoms with Gasteiger partial charge in [0.25, 0.3) is 10.0 Å². The fourth-order valence-corrected chi connectivity index (χ4v) is 3.86. The summed E-state index contributed by atoms with van der Waals surface area (Å²) in [5.41, 5.74) is 1.63. The second kappa shape index (κ2) is 8.14. The summed E-state index contributed by atoms with van der Waals surface area (Å²) in [6, 6.07) is 21.9. The molecule has 0 heterocycles. The van der Waals surface area contributed by atoms with Crippen LogP contribution < -0.4 is 10.0 Å². The van der Waals surface area contributed by atoms with E-state index in [1.54, 1.807) is 30.3 Å². The number of hydrogen-bond acceptors (Lipinski definition) is 4. The number of anilines is 2. The number of para-hydroxylation sites is 1. The predicted octanol–water partition coefficient (Wildman–Crippen LogP) is 4.36. The van der Waals surface area contributed by atoms with Crippen molar-refractivity contribution in [2.24, 2.45) is 0 Å². The lowest BCUT2D eigenvalue weighted by atomic mass is 10.1. The van der Waals surface area contributed by atoms with Gasteiger partial charge in [0, 0.05) is 17.4 Å². The molecule has 0 fully saturated rings. The highest BCUT2D eigenvalue weighted by molar-refractivity contribution is 7.92. The fraction of sp³-hybridized carbons (Fsp3) is 0.0952. The Labute approximate surface area is 163 Å². The van der Waals surface area contributed by atoms with Gasteiger partial charge in [0.2, 0.25) is 0 Å². The van der Waals surface area contributed by atoms with Crippen LogP contribution in [0.3, 0.4) is 0 Å². The van der Waals surface area contributed by atoms with Gasteiger partial charge in [-0.3, -0.25) is 4.72 Å². The molecule has 0 amide bonds. The molecule has 0 spiro atoms. The average Bonchev–Trinajstić information content (AvgIpc) is 2.69. The van der Waals surface area contributed by atoms with Gasteiger partial charge in [0.1, 0.15) is 0 Å². The van der Waals surface area contributed by atoms with Crippen LogP contribution in [0.1, 0.15) is 28.9 Å². The molecule has 0 bridgehead atoms. The Hall–Kier alpha value is -3.32. The molecule has 0 aliphatic heterocycles. The number of hydrogen-bond donors (Lipinski definition) is 3. The summed E-state index contributed by atoms with van der Waals surface area (Å²) < 4.78 is 27.7. The summed E-state index contributed by atoms with van der Waals surface area (Å²) in [5.74, 6) is -1.21. The maximum absolute atomic E-state index is 12.6. The molecule has 0 aromatic heterocycles. The van der Waals surface area contributed by atoms with Crippen molar-refractivity contribution in [3.05, 3.63) is 90.0 Å².